The summed E-state index contributed by atoms with van der Waals surface area (Å²) >= 11 is 0. The van der Waals surface area contributed by atoms with E-state index in [2.05, 4.69) is 90.8 Å². The number of methoxy groups -OCH3 is 2. The van der Waals surface area contributed by atoms with Crippen molar-refractivity contribution in [3.8, 4) is 11.5 Å². The lowest BCUT2D eigenvalue weighted by atomic mass is 9.80. The van der Waals surface area contributed by atoms with Gasteiger partial charge in [-0.05, 0) is 103 Å². The molecule has 3 atom stereocenters. The summed E-state index contributed by atoms with van der Waals surface area (Å²) in [5, 5.41) is 3.93. The Bertz CT molecular complexity index is 1370. The van der Waals surface area contributed by atoms with Crippen LogP contribution in [0.4, 0.5) is 17.1 Å². The van der Waals surface area contributed by atoms with Crippen LogP contribution in [0.25, 0.3) is 5.70 Å². The van der Waals surface area contributed by atoms with Crippen molar-refractivity contribution in [2.75, 3.05) is 19.1 Å². The first-order valence-corrected chi connectivity index (χ1v) is 13.7. The molecular weight excluding hydrogens is 468 g/mol. The summed E-state index contributed by atoms with van der Waals surface area (Å²) in [6.45, 7) is 4.65. The summed E-state index contributed by atoms with van der Waals surface area (Å²) in [7, 11) is 3.41. The molecule has 4 heteroatoms. The average Bonchev–Trinajstić information content (AvgIpc) is 3.68. The molecule has 0 aromatic heterocycles. The molecule has 194 valence electrons. The molecule has 0 radical (unpaired) electrons. The Morgan fingerprint density at radius 2 is 1.42 bits per heavy atom. The van der Waals surface area contributed by atoms with Gasteiger partial charge in [0, 0.05) is 39.8 Å². The van der Waals surface area contributed by atoms with E-state index in [-0.39, 0.29) is 5.41 Å². The maximum atomic E-state index is 5.44. The summed E-state index contributed by atoms with van der Waals surface area (Å²) in [6, 6.07) is 24.0. The molecule has 3 aromatic rings. The summed E-state index contributed by atoms with van der Waals surface area (Å²) in [5.41, 5.74) is 9.03. The van der Waals surface area contributed by atoms with Gasteiger partial charge in [-0.1, -0.05) is 38.1 Å². The third-order valence-corrected chi connectivity index (χ3v) is 8.66. The third-order valence-electron chi connectivity index (χ3n) is 8.66. The minimum atomic E-state index is 0.213. The van der Waals surface area contributed by atoms with Gasteiger partial charge in [-0.2, -0.15) is 0 Å². The minimum Gasteiger partial charge on any atom is -0.497 e. The fourth-order valence-corrected chi connectivity index (χ4v) is 6.48. The molecule has 1 saturated carbocycles. The predicted molar refractivity (Wildman–Crippen MR) is 157 cm³/mol. The second-order valence-electron chi connectivity index (χ2n) is 10.5. The van der Waals surface area contributed by atoms with Crippen molar-refractivity contribution in [1.82, 2.24) is 5.32 Å². The standard InChI is InChI=1S/C34H36N2O2/c1-5-32-28-9-7-8-10-33(35-32)29-21-25(15-20-30(29)34(6-2)22-31(28)34)36(23-11-16-26(37-3)17-12-23)24-13-18-27(38-4)19-14-24/h7-21,31-32,35H,5-6,22H2,1-4H3/b8-7-,28-9+,33-10-. The van der Waals surface area contributed by atoms with Gasteiger partial charge >= 0.3 is 0 Å². The second-order valence-corrected chi connectivity index (χ2v) is 10.5. The zero-order chi connectivity index (χ0) is 26.3. The normalized spacial score (nSPS) is 26.4. The van der Waals surface area contributed by atoms with Crippen LogP contribution >= 0.6 is 0 Å². The zero-order valence-electron chi connectivity index (χ0n) is 22.7. The lowest BCUT2D eigenvalue weighted by Gasteiger charge is -2.34. The molecular formula is C34H36N2O2. The van der Waals surface area contributed by atoms with Crippen LogP contribution in [0.5, 0.6) is 11.5 Å². The fourth-order valence-electron chi connectivity index (χ4n) is 6.48. The van der Waals surface area contributed by atoms with E-state index < -0.39 is 0 Å². The van der Waals surface area contributed by atoms with Crippen molar-refractivity contribution in [3.05, 3.63) is 108 Å². The highest BCUT2D eigenvalue weighted by Crippen LogP contribution is 2.63. The summed E-state index contributed by atoms with van der Waals surface area (Å²) < 4.78 is 10.9. The molecule has 0 saturated heterocycles. The van der Waals surface area contributed by atoms with Gasteiger partial charge in [-0.3, -0.25) is 0 Å². The van der Waals surface area contributed by atoms with Gasteiger partial charge in [0.25, 0.3) is 0 Å². The number of ether oxygens (including phenoxy) is 2. The van der Waals surface area contributed by atoms with E-state index in [4.69, 9.17) is 9.47 Å². The zero-order valence-corrected chi connectivity index (χ0v) is 22.7. The Balaban J connectivity index is 1.53. The summed E-state index contributed by atoms with van der Waals surface area (Å²) in [5.74, 6) is 2.28. The summed E-state index contributed by atoms with van der Waals surface area (Å²) in [4.78, 5) is 2.31. The van der Waals surface area contributed by atoms with E-state index in [0.717, 1.165) is 41.4 Å². The highest BCUT2D eigenvalue weighted by Gasteiger charge is 2.57. The molecule has 1 N–H and O–H groups in total. The SMILES string of the molecule is CCC1N\C2=C/C=C\C=C\1C1CC1(CC)c1ccc(N(c3ccc(OC)cc3)c3ccc(OC)cc3)cc12. The van der Waals surface area contributed by atoms with E-state index in [9.17, 15) is 0 Å². The van der Waals surface area contributed by atoms with Crippen LogP contribution in [0.3, 0.4) is 0 Å². The molecule has 4 nitrogen and oxygen atoms in total. The molecule has 38 heavy (non-hydrogen) atoms. The topological polar surface area (TPSA) is 33.7 Å². The van der Waals surface area contributed by atoms with Crippen LogP contribution in [0.15, 0.2) is 96.6 Å². The van der Waals surface area contributed by atoms with Crippen molar-refractivity contribution in [2.45, 2.75) is 44.6 Å². The van der Waals surface area contributed by atoms with Crippen LogP contribution < -0.4 is 19.7 Å². The highest BCUT2D eigenvalue weighted by molar-refractivity contribution is 5.82. The fraction of sp³-hybridized carbons (Fsp3) is 0.294. The molecule has 2 bridgehead atoms. The van der Waals surface area contributed by atoms with Crippen molar-refractivity contribution in [2.24, 2.45) is 5.92 Å². The maximum Gasteiger partial charge on any atom is 0.119 e. The van der Waals surface area contributed by atoms with Crippen LogP contribution in [-0.2, 0) is 5.41 Å². The number of fused-ring (bicyclic) bond motifs is 8. The Hall–Kier alpha value is -3.92. The van der Waals surface area contributed by atoms with E-state index >= 15 is 0 Å². The van der Waals surface area contributed by atoms with Gasteiger partial charge in [0.1, 0.15) is 11.5 Å². The third kappa shape index (κ3) is 3.99. The number of rotatable bonds is 7. The average molecular weight is 505 g/mol. The first-order chi connectivity index (χ1) is 18.6. The first-order valence-electron chi connectivity index (χ1n) is 13.7. The minimum absolute atomic E-state index is 0.213. The van der Waals surface area contributed by atoms with Gasteiger partial charge in [-0.15, -0.1) is 0 Å². The lowest BCUT2D eigenvalue weighted by molar-refractivity contribution is 0.415. The van der Waals surface area contributed by atoms with E-state index in [1.54, 1.807) is 19.8 Å². The van der Waals surface area contributed by atoms with Crippen molar-refractivity contribution in [1.29, 1.82) is 0 Å². The van der Waals surface area contributed by atoms with Crippen molar-refractivity contribution in [3.63, 3.8) is 0 Å². The van der Waals surface area contributed by atoms with Gasteiger partial charge < -0.3 is 19.7 Å². The molecule has 0 spiro atoms. The van der Waals surface area contributed by atoms with E-state index in [1.165, 1.54) is 23.2 Å². The number of hydrogen-bond acceptors (Lipinski definition) is 4. The monoisotopic (exact) mass is 504 g/mol. The molecule has 1 fully saturated rings. The second kappa shape index (κ2) is 9.75. The quantitative estimate of drug-likeness (QED) is 0.353. The maximum absolute atomic E-state index is 5.44. The Morgan fingerprint density at radius 1 is 0.816 bits per heavy atom. The highest BCUT2D eigenvalue weighted by atomic mass is 16.5. The number of nitrogens with zero attached hydrogens (tertiary/aromatic N) is 1. The number of nitrogens with one attached hydrogen (secondary N) is 1. The van der Waals surface area contributed by atoms with Crippen molar-refractivity contribution >= 4 is 22.8 Å². The largest absolute Gasteiger partial charge is 0.497 e. The van der Waals surface area contributed by atoms with Crippen LogP contribution in [-0.4, -0.2) is 20.3 Å². The summed E-state index contributed by atoms with van der Waals surface area (Å²) in [6.07, 6.45) is 12.5. The number of allylic oxidation sites excluding steroid dienone is 4. The molecule has 3 unspecified atom stereocenters. The molecule has 6 rings (SSSR count). The van der Waals surface area contributed by atoms with E-state index in [1.807, 2.05) is 24.3 Å². The molecule has 2 heterocycles. The molecule has 3 aliphatic rings. The molecule has 0 amide bonds. The van der Waals surface area contributed by atoms with Gasteiger partial charge in [0.05, 0.1) is 14.2 Å². The van der Waals surface area contributed by atoms with Crippen molar-refractivity contribution < 1.29 is 9.47 Å². The van der Waals surface area contributed by atoms with Gasteiger partial charge in [-0.25, -0.2) is 0 Å². The number of hydrogen-bond donors (Lipinski definition) is 1. The number of anilines is 3. The van der Waals surface area contributed by atoms with Gasteiger partial charge in [0.15, 0.2) is 0 Å². The molecule has 3 aromatic carbocycles. The van der Waals surface area contributed by atoms with Gasteiger partial charge in [0.2, 0.25) is 0 Å². The van der Waals surface area contributed by atoms with Crippen LogP contribution in [0.2, 0.25) is 0 Å². The molecule has 2 aliphatic heterocycles. The smallest absolute Gasteiger partial charge is 0.119 e. The molecule has 1 aliphatic carbocycles. The van der Waals surface area contributed by atoms with E-state index in [0.29, 0.717) is 12.0 Å². The Kier molecular flexibility index (Phi) is 6.27. The Morgan fingerprint density at radius 3 is 2.00 bits per heavy atom. The van der Waals surface area contributed by atoms with Crippen LogP contribution in [0.1, 0.15) is 44.2 Å². The first kappa shape index (κ1) is 24.4. The van der Waals surface area contributed by atoms with Crippen LogP contribution in [0, 0.1) is 5.92 Å². The Labute approximate surface area is 226 Å². The lowest BCUT2D eigenvalue weighted by Crippen LogP contribution is -2.34. The number of benzene rings is 3. The predicted octanol–water partition coefficient (Wildman–Crippen LogP) is 8.06.